The van der Waals surface area contributed by atoms with E-state index < -0.39 is 108 Å². The number of methoxy groups -OCH3 is 3. The van der Waals surface area contributed by atoms with Gasteiger partial charge in [0, 0.05) is 121 Å². The first-order valence-corrected chi connectivity index (χ1v) is 46.7. The van der Waals surface area contributed by atoms with Crippen molar-refractivity contribution in [1.82, 2.24) is 30.7 Å². The number of rotatable bonds is 64. The Bertz CT molecular complexity index is 4660. The van der Waals surface area contributed by atoms with Crippen LogP contribution in [0.2, 0.25) is 0 Å². The number of ketones is 4. The van der Waals surface area contributed by atoms with Gasteiger partial charge in [-0.1, -0.05) is 76.2 Å². The number of anilines is 2. The van der Waals surface area contributed by atoms with Crippen LogP contribution in [0.1, 0.15) is 136 Å². The molecule has 0 bridgehead atoms. The van der Waals surface area contributed by atoms with Gasteiger partial charge in [-0.05, 0) is 72.9 Å². The summed E-state index contributed by atoms with van der Waals surface area (Å²) in [5.41, 5.74) is 1.79. The third kappa shape index (κ3) is 33.9. The van der Waals surface area contributed by atoms with Crippen LogP contribution in [0.15, 0.2) is 84.9 Å². The molecule has 9 rings (SSSR count). The number of nitrogens with one attached hydrogen (secondary N) is 3. The van der Waals surface area contributed by atoms with Crippen molar-refractivity contribution in [2.45, 2.75) is 168 Å². The lowest BCUT2D eigenvalue weighted by Gasteiger charge is -2.31. The van der Waals surface area contributed by atoms with E-state index in [4.69, 9.17) is 75.8 Å². The molecule has 0 aliphatic carbocycles. The highest BCUT2D eigenvalue weighted by Gasteiger charge is 2.50. The highest BCUT2D eigenvalue weighted by molar-refractivity contribution is 6.13. The van der Waals surface area contributed by atoms with Crippen molar-refractivity contribution in [3.05, 3.63) is 118 Å². The Balaban J connectivity index is 0.669. The monoisotopic (exact) mass is 1940 g/mol. The van der Waals surface area contributed by atoms with Gasteiger partial charge in [0.05, 0.1) is 212 Å². The number of fused-ring (bicyclic) bond motifs is 4. The molecule has 138 heavy (non-hydrogen) atoms. The molecule has 5 aliphatic heterocycles. The van der Waals surface area contributed by atoms with Gasteiger partial charge in [-0.3, -0.25) is 57.6 Å². The van der Waals surface area contributed by atoms with E-state index in [1.54, 1.807) is 69.5 Å². The third-order valence-electron chi connectivity index (χ3n) is 23.6. The second-order valence-corrected chi connectivity index (χ2v) is 34.4. The summed E-state index contributed by atoms with van der Waals surface area (Å²) in [6.45, 7) is 15.8. The first-order valence-electron chi connectivity index (χ1n) is 46.7. The Labute approximate surface area is 802 Å². The van der Waals surface area contributed by atoms with Crippen LogP contribution < -0.4 is 44.7 Å². The number of amides is 9. The van der Waals surface area contributed by atoms with Crippen molar-refractivity contribution in [1.29, 1.82) is 0 Å². The van der Waals surface area contributed by atoms with Gasteiger partial charge in [-0.2, -0.15) is 0 Å². The van der Waals surface area contributed by atoms with E-state index in [0.717, 1.165) is 14.7 Å². The molecule has 0 saturated carbocycles. The summed E-state index contributed by atoms with van der Waals surface area (Å²) >= 11 is 0. The molecule has 41 heteroatoms. The van der Waals surface area contributed by atoms with Crippen molar-refractivity contribution in [3.63, 3.8) is 0 Å². The number of nitrogens with zero attached hydrogens (tertiary/aromatic N) is 5. The number of hydrogen-bond donors (Lipinski definition) is 7. The molecule has 5 heterocycles. The maximum absolute atomic E-state index is 14.5. The Morgan fingerprint density at radius 1 is 0.420 bits per heavy atom. The van der Waals surface area contributed by atoms with Crippen LogP contribution in [0.25, 0.3) is 0 Å². The van der Waals surface area contributed by atoms with E-state index in [1.165, 1.54) is 60.4 Å². The van der Waals surface area contributed by atoms with E-state index >= 15 is 0 Å². The molecule has 0 aromatic heterocycles. The van der Waals surface area contributed by atoms with Crippen LogP contribution in [0.4, 0.5) is 21.0 Å². The molecule has 41 nitrogen and oxygen atoms in total. The normalized spacial score (nSPS) is 18.1. The minimum absolute atomic E-state index is 0.00628. The van der Waals surface area contributed by atoms with Gasteiger partial charge in [0.1, 0.15) is 24.8 Å². The predicted octanol–water partition coefficient (Wildman–Crippen LogP) is 4.36. The molecule has 7 N–H and O–H groups in total. The topological polar surface area (TPSA) is 503 Å². The van der Waals surface area contributed by atoms with Crippen LogP contribution in [0.5, 0.6) is 23.0 Å². The van der Waals surface area contributed by atoms with Crippen molar-refractivity contribution in [3.8, 4) is 23.0 Å². The average molecular weight is 1940 g/mol. The molecule has 760 valence electrons. The lowest BCUT2D eigenvalue weighted by molar-refractivity contribution is -0.137. The Hall–Kier alpha value is -11.0. The zero-order chi connectivity index (χ0) is 99.7. The van der Waals surface area contributed by atoms with Crippen molar-refractivity contribution >= 4 is 88.0 Å². The van der Waals surface area contributed by atoms with Gasteiger partial charge in [0.15, 0.2) is 47.0 Å². The quantitative estimate of drug-likeness (QED) is 0.0238. The van der Waals surface area contributed by atoms with Gasteiger partial charge in [0.2, 0.25) is 17.7 Å². The van der Waals surface area contributed by atoms with Crippen molar-refractivity contribution < 1.29 is 159 Å². The molecule has 10 atom stereocenters. The summed E-state index contributed by atoms with van der Waals surface area (Å²) in [7, 11) is 4.22. The number of benzene rings is 4. The summed E-state index contributed by atoms with van der Waals surface area (Å²) < 4.78 is 90.2. The fourth-order valence-corrected chi connectivity index (χ4v) is 15.8. The van der Waals surface area contributed by atoms with Gasteiger partial charge >= 0.3 is 12.2 Å². The molecule has 4 aromatic carbocycles. The highest BCUT2D eigenvalue weighted by atomic mass is 16.6. The molecular weight excluding hydrogens is 1810 g/mol. The molecule has 4 aromatic rings. The summed E-state index contributed by atoms with van der Waals surface area (Å²) in [6.07, 6.45) is -5.31. The molecule has 5 aliphatic rings. The predicted molar refractivity (Wildman–Crippen MR) is 493 cm³/mol. The number of hydrogen-bond acceptors (Lipinski definition) is 33. The van der Waals surface area contributed by atoms with E-state index in [0.29, 0.717) is 115 Å². The largest absolute Gasteiger partial charge is 0.493 e. The number of ether oxygens (including phenoxy) is 16. The fraction of sp³-hybridized carbons (Fsp3) is 0.598. The smallest absolute Gasteiger partial charge is 0.416 e. The van der Waals surface area contributed by atoms with Crippen LogP contribution >= 0.6 is 0 Å². The zero-order valence-electron chi connectivity index (χ0n) is 80.0. The van der Waals surface area contributed by atoms with Crippen molar-refractivity contribution in [2.75, 3.05) is 196 Å². The maximum Gasteiger partial charge on any atom is 0.416 e. The van der Waals surface area contributed by atoms with E-state index in [2.05, 4.69) is 16.0 Å². The molecule has 9 amide bonds. The molecule has 0 radical (unpaired) electrons. The highest BCUT2D eigenvalue weighted by Crippen LogP contribution is 2.44. The van der Waals surface area contributed by atoms with Crippen LogP contribution in [0, 0.1) is 23.7 Å². The lowest BCUT2D eigenvalue weighted by atomic mass is 9.88. The number of carbonyl (C=O) groups is 13. The van der Waals surface area contributed by atoms with E-state index in [1.807, 2.05) is 27.7 Å². The molecule has 2 fully saturated rings. The number of aliphatic hydroxyl groups is 4. The maximum atomic E-state index is 14.5. The number of aliphatic hydroxyl groups excluding tert-OH is 4. The van der Waals surface area contributed by atoms with Gasteiger partial charge in [0.25, 0.3) is 23.6 Å². The standard InChI is InChI=1S/C97H134N8O33/c1-61(2)73(49-69(106)22-28-126-32-31-123-7)90(115)99-63(5)81(110)47-65-11-15-67(16-12-65)59-137-96(121)104-77-55-85(83(124-8)53-75(77)92(117)102-57-71(108)51-79(102)94(104)119)135-26-10-27-136-86-56-78-76(54-84(86)125-9)93(118)103-58-72(109)52-80(103)95(120)105(78)97(122)138-60-68-17-13-66(14-18-68)48-82(111)64(6)100-91(116)74(62(3)4)50-70(107)23-29-127-33-35-129-37-39-131-41-43-133-45-46-134-44-42-132-40-38-130-36-34-128-30-24-98-87(112)21-25-101-88(113)19-20-89(101)114/h11-20,53-56,61-64,71-74,79-80,94-95,108-109,119-120H,10,21-52,57-60H2,1-9H3,(H,98,112)(H,99,115)(H,100,116)/t63-,64-,71?,72?,73-,74-,79-,80-,94?,95?/m0/s1. The molecule has 4 unspecified atom stereocenters. The van der Waals surface area contributed by atoms with Gasteiger partial charge in [-0.25, -0.2) is 19.4 Å². The molecular formula is C97H134N8O33. The van der Waals surface area contributed by atoms with Gasteiger partial charge < -0.3 is 122 Å². The first-order chi connectivity index (χ1) is 66.4. The number of Topliss-reactive ketones (excluding diaryl/α,β-unsaturated/α-hetero) is 4. The zero-order valence-corrected chi connectivity index (χ0v) is 80.0. The summed E-state index contributed by atoms with van der Waals surface area (Å²) in [5.74, 6) is -5.76. The van der Waals surface area contributed by atoms with Crippen LogP contribution in [0.3, 0.4) is 0 Å². The molecule has 2 saturated heterocycles. The van der Waals surface area contributed by atoms with E-state index in [9.17, 15) is 82.8 Å². The first kappa shape index (κ1) is 111. The van der Waals surface area contributed by atoms with Crippen molar-refractivity contribution in [2.24, 2.45) is 23.7 Å². The summed E-state index contributed by atoms with van der Waals surface area (Å²) in [4.78, 5) is 178. The Morgan fingerprint density at radius 2 is 0.768 bits per heavy atom. The Morgan fingerprint density at radius 3 is 1.12 bits per heavy atom. The van der Waals surface area contributed by atoms with Crippen LogP contribution in [-0.4, -0.2) is 347 Å². The van der Waals surface area contributed by atoms with Crippen LogP contribution in [-0.2, 0) is 126 Å². The summed E-state index contributed by atoms with van der Waals surface area (Å²) in [6, 6.07) is 14.7. The van der Waals surface area contributed by atoms with E-state index in [-0.39, 0.29) is 236 Å². The summed E-state index contributed by atoms with van der Waals surface area (Å²) in [5, 5.41) is 53.9. The SMILES string of the molecule is COCCOCCC(=O)C[C@H](C(=O)N[C@@H](C)C(=O)Cc1ccc(COC(=O)N2c3cc(OCCCOc4cc5c(cc4OC)C(=O)N4CC(O)C[C@H]4C(O)N5C(=O)OCc4ccc(CC(=O)[C@H](C)NC(=O)[C@@H](CC(=O)CCOCCOCCOCCOCCOCCOCCOCCOCCNC(=O)CCN5C(=O)C=CC5=O)C(C)C)cc4)c(OC)cc3C(=O)N3CC(O)C[C@H]3C2O)cc1)C(C)C. The lowest BCUT2D eigenvalue weighted by Crippen LogP contribution is -2.50. The minimum atomic E-state index is -1.74. The number of carbonyl (C=O) groups excluding carboxylic acids is 13. The second kappa shape index (κ2) is 57.5. The number of imide groups is 1. The Kier molecular flexibility index (Phi) is 46.1. The second-order valence-electron chi connectivity index (χ2n) is 34.4. The fourth-order valence-electron chi connectivity index (χ4n) is 15.8. The molecule has 0 spiro atoms. The minimum Gasteiger partial charge on any atom is -0.493 e. The van der Waals surface area contributed by atoms with Gasteiger partial charge in [-0.15, -0.1) is 0 Å². The third-order valence-corrected chi connectivity index (χ3v) is 23.6. The average Bonchev–Trinajstić information content (AvgIpc) is 1.60.